The van der Waals surface area contributed by atoms with Gasteiger partial charge in [0.2, 0.25) is 6.20 Å². The van der Waals surface area contributed by atoms with Crippen molar-refractivity contribution in [2.45, 2.75) is 24.9 Å². The maximum Gasteiger partial charge on any atom is 0.208 e. The molecule has 0 fully saturated rings. The van der Waals surface area contributed by atoms with Crippen molar-refractivity contribution in [1.29, 1.82) is 0 Å². The zero-order valence-electron chi connectivity index (χ0n) is 12.4. The molecule has 0 bridgehead atoms. The van der Waals surface area contributed by atoms with E-state index in [1.807, 2.05) is 4.57 Å². The van der Waals surface area contributed by atoms with Crippen LogP contribution in [0.25, 0.3) is 11.0 Å². The van der Waals surface area contributed by atoms with Crippen LogP contribution in [0.1, 0.15) is 17.3 Å². The molecule has 2 aromatic heterocycles. The first-order chi connectivity index (χ1) is 11.4. The smallest absolute Gasteiger partial charge is 0.208 e. The van der Waals surface area contributed by atoms with Crippen LogP contribution in [0.3, 0.4) is 0 Å². The Morgan fingerprint density at radius 1 is 1.21 bits per heavy atom. The first-order valence-corrected chi connectivity index (χ1v) is 7.42. The summed E-state index contributed by atoms with van der Waals surface area (Å²) in [6.07, 6.45) is 2.99. The van der Waals surface area contributed by atoms with Gasteiger partial charge in [0.25, 0.3) is 0 Å². The Morgan fingerprint density at radius 2 is 1.96 bits per heavy atom. The lowest BCUT2D eigenvalue weighted by atomic mass is 9.86. The van der Waals surface area contributed by atoms with Crippen molar-refractivity contribution in [3.63, 3.8) is 0 Å². The number of fused-ring (bicyclic) bond motifs is 3. The van der Waals surface area contributed by atoms with E-state index in [4.69, 9.17) is 5.73 Å². The SMILES string of the molecule is N[C@H]1Cn2c(nc3c[n+]([O-])ccc32)CC1c1cc(F)c(F)cc1F. The van der Waals surface area contributed by atoms with E-state index in [1.165, 1.54) is 12.4 Å². The number of benzene rings is 1. The minimum atomic E-state index is -1.23. The first-order valence-electron chi connectivity index (χ1n) is 7.42. The number of nitrogens with zero attached hydrogens (tertiary/aromatic N) is 3. The van der Waals surface area contributed by atoms with Crippen molar-refractivity contribution in [3.8, 4) is 0 Å². The number of nitrogens with two attached hydrogens (primary N) is 1. The molecular weight excluding hydrogens is 321 g/mol. The summed E-state index contributed by atoms with van der Waals surface area (Å²) in [6, 6.07) is 2.55. The molecule has 1 aromatic carbocycles. The van der Waals surface area contributed by atoms with E-state index >= 15 is 0 Å². The molecule has 0 spiro atoms. The largest absolute Gasteiger partial charge is 0.619 e. The van der Waals surface area contributed by atoms with Gasteiger partial charge in [-0.2, -0.15) is 4.73 Å². The van der Waals surface area contributed by atoms with Crippen LogP contribution in [-0.2, 0) is 13.0 Å². The predicted molar refractivity (Wildman–Crippen MR) is 79.4 cm³/mol. The number of hydrogen-bond acceptors (Lipinski definition) is 3. The summed E-state index contributed by atoms with van der Waals surface area (Å²) in [5.74, 6) is -3.05. The van der Waals surface area contributed by atoms with Crippen LogP contribution in [0.15, 0.2) is 30.6 Å². The van der Waals surface area contributed by atoms with Gasteiger partial charge in [-0.1, -0.05) is 0 Å². The van der Waals surface area contributed by atoms with Gasteiger partial charge < -0.3 is 15.5 Å². The minimum absolute atomic E-state index is 0.0404. The standard InChI is InChI=1S/C16H13F3N4O/c17-10-5-12(19)11(18)3-8(10)9-4-16-21-14-7-22(24)2-1-15(14)23(16)6-13(9)20/h1-3,5,7,9,13H,4,6,20H2/t9?,13-/m0/s1. The van der Waals surface area contributed by atoms with Crippen molar-refractivity contribution < 1.29 is 17.9 Å². The summed E-state index contributed by atoms with van der Waals surface area (Å²) in [5, 5.41) is 11.4. The van der Waals surface area contributed by atoms with Gasteiger partial charge in [-0.15, -0.1) is 0 Å². The van der Waals surface area contributed by atoms with Crippen LogP contribution in [0, 0.1) is 22.7 Å². The Hall–Kier alpha value is -2.61. The zero-order chi connectivity index (χ0) is 17.0. The normalized spacial score (nSPS) is 20.3. The Kier molecular flexibility index (Phi) is 3.24. The van der Waals surface area contributed by atoms with Crippen molar-refractivity contribution in [1.82, 2.24) is 9.55 Å². The Balaban J connectivity index is 1.79. The van der Waals surface area contributed by atoms with Gasteiger partial charge in [-0.05, 0) is 11.6 Å². The van der Waals surface area contributed by atoms with Gasteiger partial charge in [-0.25, -0.2) is 18.2 Å². The summed E-state index contributed by atoms with van der Waals surface area (Å²) < 4.78 is 43.3. The summed E-state index contributed by atoms with van der Waals surface area (Å²) in [5.41, 5.74) is 7.48. The summed E-state index contributed by atoms with van der Waals surface area (Å²) in [4.78, 5) is 4.39. The fraction of sp³-hybridized carbons (Fsp3) is 0.250. The van der Waals surface area contributed by atoms with Crippen LogP contribution in [-0.4, -0.2) is 15.6 Å². The highest BCUT2D eigenvalue weighted by atomic mass is 19.2. The van der Waals surface area contributed by atoms with E-state index in [9.17, 15) is 18.4 Å². The second-order valence-corrected chi connectivity index (χ2v) is 5.98. The summed E-state index contributed by atoms with van der Waals surface area (Å²) >= 11 is 0. The molecule has 4 rings (SSSR count). The number of imidazole rings is 1. The minimum Gasteiger partial charge on any atom is -0.619 e. The highest BCUT2D eigenvalue weighted by Crippen LogP contribution is 2.33. The van der Waals surface area contributed by atoms with Crippen LogP contribution in [0.4, 0.5) is 13.2 Å². The lowest BCUT2D eigenvalue weighted by Crippen LogP contribution is -2.39. The first kappa shape index (κ1) is 14.9. The molecule has 1 aliphatic heterocycles. The molecule has 124 valence electrons. The molecule has 1 unspecified atom stereocenters. The van der Waals surface area contributed by atoms with Gasteiger partial charge >= 0.3 is 0 Å². The van der Waals surface area contributed by atoms with E-state index < -0.39 is 29.4 Å². The molecule has 0 amide bonds. The molecule has 5 nitrogen and oxygen atoms in total. The molecule has 0 aliphatic carbocycles. The molecule has 1 aliphatic rings. The Morgan fingerprint density at radius 3 is 2.75 bits per heavy atom. The van der Waals surface area contributed by atoms with Crippen molar-refractivity contribution in [2.24, 2.45) is 5.73 Å². The monoisotopic (exact) mass is 334 g/mol. The second-order valence-electron chi connectivity index (χ2n) is 5.98. The average molecular weight is 334 g/mol. The van der Waals surface area contributed by atoms with Crippen molar-refractivity contribution >= 4 is 11.0 Å². The Bertz CT molecular complexity index is 956. The molecule has 24 heavy (non-hydrogen) atoms. The zero-order valence-corrected chi connectivity index (χ0v) is 12.4. The highest BCUT2D eigenvalue weighted by molar-refractivity contribution is 5.74. The van der Waals surface area contributed by atoms with E-state index in [0.29, 0.717) is 28.7 Å². The topological polar surface area (TPSA) is 70.8 Å². The van der Waals surface area contributed by atoms with Crippen molar-refractivity contribution in [2.75, 3.05) is 0 Å². The number of halogens is 3. The number of pyridine rings is 1. The Labute approximate surface area is 134 Å². The van der Waals surface area contributed by atoms with E-state index in [2.05, 4.69) is 4.98 Å². The van der Waals surface area contributed by atoms with Crippen LogP contribution >= 0.6 is 0 Å². The lowest BCUT2D eigenvalue weighted by molar-refractivity contribution is -0.604. The quantitative estimate of drug-likeness (QED) is 0.419. The van der Waals surface area contributed by atoms with E-state index in [-0.39, 0.29) is 12.0 Å². The maximum absolute atomic E-state index is 14.1. The van der Waals surface area contributed by atoms with Crippen molar-refractivity contribution in [3.05, 3.63) is 64.6 Å². The van der Waals surface area contributed by atoms with Crippen LogP contribution in [0.2, 0.25) is 0 Å². The lowest BCUT2D eigenvalue weighted by Gasteiger charge is -2.30. The third kappa shape index (κ3) is 2.22. The average Bonchev–Trinajstić information content (AvgIpc) is 2.86. The van der Waals surface area contributed by atoms with E-state index in [0.717, 1.165) is 11.6 Å². The summed E-state index contributed by atoms with van der Waals surface area (Å²) in [7, 11) is 0. The molecule has 8 heteroatoms. The van der Waals surface area contributed by atoms with Crippen LogP contribution < -0.4 is 10.5 Å². The van der Waals surface area contributed by atoms with Gasteiger partial charge in [0.15, 0.2) is 23.3 Å². The third-order valence-corrected chi connectivity index (χ3v) is 4.49. The van der Waals surface area contributed by atoms with E-state index in [1.54, 1.807) is 6.07 Å². The number of hydrogen-bond donors (Lipinski definition) is 1. The molecule has 0 saturated carbocycles. The fourth-order valence-corrected chi connectivity index (χ4v) is 3.32. The highest BCUT2D eigenvalue weighted by Gasteiger charge is 2.32. The molecule has 2 atom stereocenters. The summed E-state index contributed by atoms with van der Waals surface area (Å²) in [6.45, 7) is 0.345. The number of aromatic nitrogens is 3. The predicted octanol–water partition coefficient (Wildman–Crippen LogP) is 1.75. The van der Waals surface area contributed by atoms with Gasteiger partial charge in [0.1, 0.15) is 11.6 Å². The van der Waals surface area contributed by atoms with Gasteiger partial charge in [-0.3, -0.25) is 0 Å². The number of rotatable bonds is 1. The molecule has 3 heterocycles. The third-order valence-electron chi connectivity index (χ3n) is 4.49. The molecule has 0 radical (unpaired) electrons. The van der Waals surface area contributed by atoms with Crippen LogP contribution in [0.5, 0.6) is 0 Å². The molecule has 0 saturated heterocycles. The second kappa shape index (κ2) is 5.20. The molecule has 2 N–H and O–H groups in total. The fourth-order valence-electron chi connectivity index (χ4n) is 3.32. The molecular formula is C16H13F3N4O. The van der Waals surface area contributed by atoms with Gasteiger partial charge in [0.05, 0.1) is 5.52 Å². The molecule has 3 aromatic rings. The van der Waals surface area contributed by atoms with Gasteiger partial charge in [0, 0.05) is 37.1 Å². The maximum atomic E-state index is 14.1.